The van der Waals surface area contributed by atoms with Gasteiger partial charge in [-0.15, -0.1) is 0 Å². The largest absolute Gasteiger partial charge is 0.491 e. The molecule has 2 aliphatic heterocycles. The van der Waals surface area contributed by atoms with Crippen molar-refractivity contribution in [3.8, 4) is 5.75 Å². The zero-order valence-corrected chi connectivity index (χ0v) is 24.8. The molecule has 1 saturated heterocycles. The van der Waals surface area contributed by atoms with E-state index in [0.29, 0.717) is 37.3 Å². The number of hydrogen-bond acceptors (Lipinski definition) is 7. The molecule has 4 rings (SSSR count). The Kier molecular flexibility index (Phi) is 10.1. The van der Waals surface area contributed by atoms with Crippen LogP contribution in [-0.2, 0) is 14.8 Å². The number of amides is 1. The number of sulfonamides is 1. The molecule has 1 aromatic carbocycles. The first kappa shape index (κ1) is 32.4. The number of ether oxygens (including phenoxy) is 1. The monoisotopic (exact) mass is 615 g/mol. The summed E-state index contributed by atoms with van der Waals surface area (Å²) in [6, 6.07) is 3.47. The van der Waals surface area contributed by atoms with Crippen molar-refractivity contribution >= 4 is 27.8 Å². The second-order valence-electron chi connectivity index (χ2n) is 11.7. The third-order valence-corrected chi connectivity index (χ3v) is 10.2. The lowest BCUT2D eigenvalue weighted by Gasteiger charge is -2.34. The Bertz CT molecular complexity index is 1270. The van der Waals surface area contributed by atoms with Crippen LogP contribution in [0.4, 0.5) is 13.2 Å². The van der Waals surface area contributed by atoms with Crippen LogP contribution in [0.3, 0.4) is 0 Å². The molecule has 1 atom stereocenters. The van der Waals surface area contributed by atoms with Gasteiger partial charge in [-0.3, -0.25) is 9.79 Å². The zero-order valence-electron chi connectivity index (χ0n) is 24.0. The molecule has 0 radical (unpaired) electrons. The summed E-state index contributed by atoms with van der Waals surface area (Å²) in [5.41, 5.74) is 1.28. The number of alkyl halides is 3. The van der Waals surface area contributed by atoms with E-state index in [1.165, 1.54) is 4.31 Å². The molecule has 1 saturated carbocycles. The Morgan fingerprint density at radius 3 is 2.36 bits per heavy atom. The summed E-state index contributed by atoms with van der Waals surface area (Å²) in [7, 11) is -3.77. The number of aliphatic imine (C=N–C) groups is 1. The minimum absolute atomic E-state index is 0.00294. The van der Waals surface area contributed by atoms with Crippen LogP contribution in [0.1, 0.15) is 68.1 Å². The topological polar surface area (TPSA) is 129 Å². The van der Waals surface area contributed by atoms with Crippen LogP contribution >= 0.6 is 0 Å². The predicted molar refractivity (Wildman–Crippen MR) is 152 cm³/mol. The number of rotatable bonds is 10. The fourth-order valence-corrected chi connectivity index (χ4v) is 7.22. The van der Waals surface area contributed by atoms with E-state index in [0.717, 1.165) is 22.1 Å². The molecule has 3 N–H and O–H groups in total. The van der Waals surface area contributed by atoms with Crippen molar-refractivity contribution in [2.24, 2.45) is 16.8 Å². The minimum Gasteiger partial charge on any atom is -0.491 e. The third kappa shape index (κ3) is 7.91. The maximum atomic E-state index is 13.2. The van der Waals surface area contributed by atoms with Gasteiger partial charge in [0.05, 0.1) is 6.61 Å². The number of carbonyl (C=O) groups is 1. The van der Waals surface area contributed by atoms with Crippen LogP contribution in [-0.4, -0.2) is 78.8 Å². The molecule has 9 nitrogen and oxygen atoms in total. The minimum atomic E-state index is -4.14. The van der Waals surface area contributed by atoms with Gasteiger partial charge >= 0.3 is 6.18 Å². The van der Waals surface area contributed by atoms with Crippen molar-refractivity contribution in [1.82, 2.24) is 9.62 Å². The molecule has 42 heavy (non-hydrogen) atoms. The van der Waals surface area contributed by atoms with Gasteiger partial charge in [-0.2, -0.15) is 17.5 Å². The summed E-state index contributed by atoms with van der Waals surface area (Å²) < 4.78 is 70.9. The molecular weight excluding hydrogens is 575 g/mol. The van der Waals surface area contributed by atoms with Crippen molar-refractivity contribution in [2.45, 2.75) is 83.0 Å². The van der Waals surface area contributed by atoms with Gasteiger partial charge in [0.25, 0.3) is 5.91 Å². The molecule has 0 bridgehead atoms. The Morgan fingerprint density at radius 1 is 1.17 bits per heavy atom. The SMILES string of the molecule is Cc1cc(OCC(O)CO)cc(C)c1C=CS(=O)(=O)N1CCC2(CC1)N=C(C1CCC(CCC(F)(F)F)CC1)NC2=O. The number of halogens is 3. The Balaban J connectivity index is 1.34. The number of hydrogen-bond donors (Lipinski definition) is 3. The molecular formula is C29H40F3N3O6S. The average molecular weight is 616 g/mol. The van der Waals surface area contributed by atoms with Crippen LogP contribution in [0, 0.1) is 25.7 Å². The summed E-state index contributed by atoms with van der Waals surface area (Å²) in [4.78, 5) is 17.7. The van der Waals surface area contributed by atoms with Gasteiger partial charge in [0.1, 0.15) is 29.8 Å². The van der Waals surface area contributed by atoms with Crippen molar-refractivity contribution in [3.05, 3.63) is 34.2 Å². The Labute approximate surface area is 244 Å². The van der Waals surface area contributed by atoms with Crippen molar-refractivity contribution in [1.29, 1.82) is 0 Å². The highest BCUT2D eigenvalue weighted by Gasteiger charge is 2.48. The van der Waals surface area contributed by atoms with Crippen molar-refractivity contribution < 1.29 is 41.3 Å². The fraction of sp³-hybridized carbons (Fsp3) is 0.655. The van der Waals surface area contributed by atoms with E-state index in [9.17, 15) is 31.5 Å². The molecule has 2 fully saturated rings. The van der Waals surface area contributed by atoms with E-state index >= 15 is 0 Å². The van der Waals surface area contributed by atoms with E-state index in [2.05, 4.69) is 5.32 Å². The molecule has 1 amide bonds. The van der Waals surface area contributed by atoms with Crippen molar-refractivity contribution in [2.75, 3.05) is 26.3 Å². The van der Waals surface area contributed by atoms with E-state index in [-0.39, 0.29) is 56.7 Å². The number of aliphatic hydroxyl groups excluding tert-OH is 2. The number of amidine groups is 1. The summed E-state index contributed by atoms with van der Waals surface area (Å²) in [5, 5.41) is 22.5. The van der Waals surface area contributed by atoms with Crippen LogP contribution < -0.4 is 10.1 Å². The number of nitrogens with one attached hydrogen (secondary N) is 1. The van der Waals surface area contributed by atoms with Gasteiger partial charge in [-0.1, -0.05) is 0 Å². The van der Waals surface area contributed by atoms with Gasteiger partial charge in [-0.05, 0) is 99.6 Å². The first-order valence-electron chi connectivity index (χ1n) is 14.4. The number of benzene rings is 1. The number of nitrogens with zero attached hydrogens (tertiary/aromatic N) is 2. The van der Waals surface area contributed by atoms with Crippen LogP contribution in [0.5, 0.6) is 5.75 Å². The van der Waals surface area contributed by atoms with Crippen LogP contribution in [0.15, 0.2) is 22.5 Å². The lowest BCUT2D eigenvalue weighted by molar-refractivity contribution is -0.138. The standard InChI is InChI=1S/C29H40F3N3O6S/c1-19-15-24(41-18-23(37)17-36)16-20(2)25(19)8-14-42(39,40)35-12-10-28(11-13-35)27(38)33-26(34-28)22-5-3-21(4-6-22)7-9-29(30,31)32/h8,14-16,21-23,36-37H,3-7,9-13,17-18H2,1-2H3,(H,33,34,38). The van der Waals surface area contributed by atoms with E-state index in [1.54, 1.807) is 18.2 Å². The van der Waals surface area contributed by atoms with Gasteiger partial charge in [0, 0.05) is 30.8 Å². The molecule has 1 unspecified atom stereocenters. The average Bonchev–Trinajstić information content (AvgIpc) is 3.25. The molecule has 234 valence electrons. The van der Waals surface area contributed by atoms with E-state index in [4.69, 9.17) is 14.8 Å². The lowest BCUT2D eigenvalue weighted by atomic mass is 9.79. The van der Waals surface area contributed by atoms with E-state index in [1.807, 2.05) is 13.8 Å². The maximum absolute atomic E-state index is 13.2. The first-order valence-corrected chi connectivity index (χ1v) is 15.9. The number of piperidine rings is 1. The zero-order chi connectivity index (χ0) is 30.7. The van der Waals surface area contributed by atoms with Crippen molar-refractivity contribution in [3.63, 3.8) is 0 Å². The number of aryl methyl sites for hydroxylation is 2. The molecule has 0 aromatic heterocycles. The molecule has 13 heteroatoms. The highest BCUT2D eigenvalue weighted by Crippen LogP contribution is 2.38. The number of aliphatic hydroxyl groups is 2. The number of carbonyl (C=O) groups excluding carboxylic acids is 1. The highest BCUT2D eigenvalue weighted by atomic mass is 32.2. The molecule has 3 aliphatic rings. The second-order valence-corrected chi connectivity index (χ2v) is 13.5. The molecule has 1 aromatic rings. The summed E-state index contributed by atoms with van der Waals surface area (Å²) in [6.45, 7) is 3.44. The highest BCUT2D eigenvalue weighted by molar-refractivity contribution is 7.92. The first-order chi connectivity index (χ1) is 19.7. The summed E-state index contributed by atoms with van der Waals surface area (Å²) in [6.07, 6.45) is -1.03. The lowest BCUT2D eigenvalue weighted by Crippen LogP contribution is -2.50. The Hall–Kier alpha value is -2.48. The molecule has 1 spiro atoms. The second kappa shape index (κ2) is 13.0. The van der Waals surface area contributed by atoms with Crippen LogP contribution in [0.2, 0.25) is 0 Å². The van der Waals surface area contributed by atoms with Gasteiger partial charge in [0.2, 0.25) is 10.0 Å². The normalized spacial score (nSPS) is 24.2. The fourth-order valence-electron chi connectivity index (χ4n) is 6.04. The van der Waals surface area contributed by atoms with Crippen LogP contribution in [0.25, 0.3) is 6.08 Å². The van der Waals surface area contributed by atoms with Gasteiger partial charge < -0.3 is 20.3 Å². The third-order valence-electron chi connectivity index (χ3n) is 8.60. The quantitative estimate of drug-likeness (QED) is 0.367. The molecule has 2 heterocycles. The summed E-state index contributed by atoms with van der Waals surface area (Å²) >= 11 is 0. The summed E-state index contributed by atoms with van der Waals surface area (Å²) in [5.74, 6) is 0.895. The Morgan fingerprint density at radius 2 is 1.79 bits per heavy atom. The maximum Gasteiger partial charge on any atom is 0.389 e. The van der Waals surface area contributed by atoms with E-state index < -0.39 is 40.9 Å². The molecule has 1 aliphatic carbocycles. The van der Waals surface area contributed by atoms with Gasteiger partial charge in [-0.25, -0.2) is 8.42 Å². The smallest absolute Gasteiger partial charge is 0.389 e. The van der Waals surface area contributed by atoms with Gasteiger partial charge in [0.15, 0.2) is 0 Å². The predicted octanol–water partition coefficient (Wildman–Crippen LogP) is 3.85.